The molecule has 4 heteroatoms. The molecule has 22 heavy (non-hydrogen) atoms. The SMILES string of the molecule is C#CCn1c(-c2ccccc2)nc2sc3c(c2c1=O)CCC3. The van der Waals surface area contributed by atoms with Gasteiger partial charge in [-0.25, -0.2) is 4.98 Å². The van der Waals surface area contributed by atoms with Crippen molar-refractivity contribution in [3.63, 3.8) is 0 Å². The third-order valence-corrected chi connectivity index (χ3v) is 5.29. The largest absolute Gasteiger partial charge is 0.280 e. The van der Waals surface area contributed by atoms with Crippen LogP contribution in [0.2, 0.25) is 0 Å². The molecule has 0 aliphatic heterocycles. The average molecular weight is 306 g/mol. The van der Waals surface area contributed by atoms with E-state index in [0.29, 0.717) is 5.82 Å². The molecule has 1 aliphatic rings. The molecule has 3 aromatic rings. The van der Waals surface area contributed by atoms with Gasteiger partial charge >= 0.3 is 0 Å². The number of aryl methyl sites for hydroxylation is 2. The summed E-state index contributed by atoms with van der Waals surface area (Å²) < 4.78 is 1.63. The third-order valence-electron chi connectivity index (χ3n) is 4.11. The van der Waals surface area contributed by atoms with Crippen LogP contribution >= 0.6 is 11.3 Å². The minimum atomic E-state index is 0.00111. The number of terminal acetylenes is 1. The second kappa shape index (κ2) is 5.11. The van der Waals surface area contributed by atoms with E-state index >= 15 is 0 Å². The Morgan fingerprint density at radius 1 is 1.27 bits per heavy atom. The zero-order chi connectivity index (χ0) is 15.1. The minimum Gasteiger partial charge on any atom is -0.280 e. The molecule has 1 aromatic carbocycles. The molecule has 0 saturated carbocycles. The highest BCUT2D eigenvalue weighted by atomic mass is 32.1. The van der Waals surface area contributed by atoms with Crippen LogP contribution in [0.3, 0.4) is 0 Å². The van der Waals surface area contributed by atoms with Crippen molar-refractivity contribution in [1.82, 2.24) is 9.55 Å². The van der Waals surface area contributed by atoms with Crippen molar-refractivity contribution >= 4 is 21.6 Å². The van der Waals surface area contributed by atoms with Crippen LogP contribution in [0.15, 0.2) is 35.1 Å². The van der Waals surface area contributed by atoms with Crippen LogP contribution in [-0.4, -0.2) is 9.55 Å². The topological polar surface area (TPSA) is 34.9 Å². The fourth-order valence-electron chi connectivity index (χ4n) is 3.12. The number of nitrogens with zero attached hydrogens (tertiary/aromatic N) is 2. The monoisotopic (exact) mass is 306 g/mol. The molecule has 0 atom stereocenters. The molecular weight excluding hydrogens is 292 g/mol. The molecule has 0 radical (unpaired) electrons. The van der Waals surface area contributed by atoms with Crippen LogP contribution in [-0.2, 0) is 19.4 Å². The Labute approximate surface area is 132 Å². The Hall–Kier alpha value is -2.38. The maximum Gasteiger partial charge on any atom is 0.263 e. The highest BCUT2D eigenvalue weighted by Gasteiger charge is 2.23. The van der Waals surface area contributed by atoms with Gasteiger partial charge in [0.05, 0.1) is 11.9 Å². The number of aromatic nitrogens is 2. The number of hydrogen-bond donors (Lipinski definition) is 0. The van der Waals surface area contributed by atoms with Crippen molar-refractivity contribution in [3.05, 3.63) is 51.1 Å². The second-order valence-electron chi connectivity index (χ2n) is 5.43. The van der Waals surface area contributed by atoms with E-state index in [0.717, 1.165) is 35.0 Å². The van der Waals surface area contributed by atoms with Gasteiger partial charge in [0.2, 0.25) is 0 Å². The van der Waals surface area contributed by atoms with Crippen LogP contribution in [0.1, 0.15) is 16.9 Å². The predicted molar refractivity (Wildman–Crippen MR) is 90.2 cm³/mol. The van der Waals surface area contributed by atoms with E-state index < -0.39 is 0 Å². The van der Waals surface area contributed by atoms with Gasteiger partial charge < -0.3 is 0 Å². The molecule has 1 aliphatic carbocycles. The first kappa shape index (κ1) is 13.3. The van der Waals surface area contributed by atoms with Gasteiger partial charge in [-0.15, -0.1) is 17.8 Å². The molecule has 108 valence electrons. The van der Waals surface area contributed by atoms with Crippen molar-refractivity contribution in [2.24, 2.45) is 0 Å². The zero-order valence-electron chi connectivity index (χ0n) is 12.0. The Morgan fingerprint density at radius 2 is 2.09 bits per heavy atom. The fourth-order valence-corrected chi connectivity index (χ4v) is 4.37. The Kier molecular flexibility index (Phi) is 3.09. The lowest BCUT2D eigenvalue weighted by atomic mass is 10.1. The normalized spacial score (nSPS) is 13.2. The summed E-state index contributed by atoms with van der Waals surface area (Å²) in [6, 6.07) is 9.76. The number of fused-ring (bicyclic) bond motifs is 3. The molecule has 4 rings (SSSR count). The van der Waals surface area contributed by atoms with Crippen molar-refractivity contribution in [2.75, 3.05) is 0 Å². The van der Waals surface area contributed by atoms with Gasteiger partial charge in [-0.2, -0.15) is 0 Å². The van der Waals surface area contributed by atoms with Gasteiger partial charge in [-0.3, -0.25) is 9.36 Å². The van der Waals surface area contributed by atoms with Crippen LogP contribution < -0.4 is 5.56 Å². The summed E-state index contributed by atoms with van der Waals surface area (Å²) in [7, 11) is 0. The Bertz CT molecular complexity index is 961. The van der Waals surface area contributed by atoms with Gasteiger partial charge in [0.1, 0.15) is 10.7 Å². The summed E-state index contributed by atoms with van der Waals surface area (Å²) in [5, 5.41) is 0.785. The maximum absolute atomic E-state index is 13.0. The van der Waals surface area contributed by atoms with Gasteiger partial charge in [0, 0.05) is 10.4 Å². The van der Waals surface area contributed by atoms with E-state index in [9.17, 15) is 4.79 Å². The van der Waals surface area contributed by atoms with Crippen LogP contribution in [0.4, 0.5) is 0 Å². The van der Waals surface area contributed by atoms with E-state index in [4.69, 9.17) is 11.4 Å². The minimum absolute atomic E-state index is 0.00111. The predicted octanol–water partition coefficient (Wildman–Crippen LogP) is 3.25. The molecule has 0 spiro atoms. The summed E-state index contributed by atoms with van der Waals surface area (Å²) in [4.78, 5) is 19.9. The quantitative estimate of drug-likeness (QED) is 0.681. The molecule has 0 saturated heterocycles. The van der Waals surface area contributed by atoms with Crippen LogP contribution in [0, 0.1) is 12.3 Å². The first-order valence-electron chi connectivity index (χ1n) is 7.33. The number of benzene rings is 1. The van der Waals surface area contributed by atoms with Gasteiger partial charge in [0.25, 0.3) is 5.56 Å². The van der Waals surface area contributed by atoms with Crippen molar-refractivity contribution < 1.29 is 0 Å². The second-order valence-corrected chi connectivity index (χ2v) is 6.52. The molecule has 2 aromatic heterocycles. The fraction of sp³-hybridized carbons (Fsp3) is 0.222. The maximum atomic E-state index is 13.0. The molecule has 0 fully saturated rings. The third kappa shape index (κ3) is 1.90. The van der Waals surface area contributed by atoms with Crippen molar-refractivity contribution in [3.8, 4) is 23.7 Å². The van der Waals surface area contributed by atoms with E-state index in [-0.39, 0.29) is 12.1 Å². The van der Waals surface area contributed by atoms with Gasteiger partial charge in [-0.05, 0) is 24.8 Å². The zero-order valence-corrected chi connectivity index (χ0v) is 12.8. The Balaban J connectivity index is 2.07. The summed E-state index contributed by atoms with van der Waals surface area (Å²) >= 11 is 1.66. The molecule has 0 N–H and O–H groups in total. The number of rotatable bonds is 2. The Morgan fingerprint density at radius 3 is 2.86 bits per heavy atom. The first-order chi connectivity index (χ1) is 10.8. The summed E-state index contributed by atoms with van der Waals surface area (Å²) in [6.45, 7) is 0.247. The van der Waals surface area contributed by atoms with Gasteiger partial charge in [0.15, 0.2) is 0 Å². The van der Waals surface area contributed by atoms with E-state index in [1.165, 1.54) is 10.4 Å². The highest BCUT2D eigenvalue weighted by molar-refractivity contribution is 7.18. The molecule has 0 bridgehead atoms. The smallest absolute Gasteiger partial charge is 0.263 e. The van der Waals surface area contributed by atoms with Crippen LogP contribution in [0.25, 0.3) is 21.6 Å². The number of thiophene rings is 1. The molecular formula is C18H14N2OS. The standard InChI is InChI=1S/C18H14N2OS/c1-2-11-20-16(12-7-4-3-5-8-12)19-17-15(18(20)21)13-9-6-10-14(13)22-17/h1,3-5,7-8H,6,9-11H2. The highest BCUT2D eigenvalue weighted by Crippen LogP contribution is 2.35. The first-order valence-corrected chi connectivity index (χ1v) is 8.15. The van der Waals surface area contributed by atoms with E-state index in [1.54, 1.807) is 15.9 Å². The lowest BCUT2D eigenvalue weighted by molar-refractivity contribution is 0.795. The van der Waals surface area contributed by atoms with Crippen LogP contribution in [0.5, 0.6) is 0 Å². The molecule has 0 unspecified atom stereocenters. The summed E-state index contributed by atoms with van der Waals surface area (Å²) in [6.07, 6.45) is 8.65. The number of hydrogen-bond acceptors (Lipinski definition) is 3. The van der Waals surface area contributed by atoms with E-state index in [2.05, 4.69) is 5.92 Å². The lowest BCUT2D eigenvalue weighted by Crippen LogP contribution is -2.23. The molecule has 0 amide bonds. The van der Waals surface area contributed by atoms with Crippen molar-refractivity contribution in [2.45, 2.75) is 25.8 Å². The average Bonchev–Trinajstić information content (AvgIpc) is 3.11. The summed E-state index contributed by atoms with van der Waals surface area (Å²) in [5.74, 6) is 3.25. The molecule has 2 heterocycles. The van der Waals surface area contributed by atoms with E-state index in [1.807, 2.05) is 30.3 Å². The summed E-state index contributed by atoms with van der Waals surface area (Å²) in [5.41, 5.74) is 2.12. The molecule has 3 nitrogen and oxygen atoms in total. The van der Waals surface area contributed by atoms with Crippen molar-refractivity contribution in [1.29, 1.82) is 0 Å². The van der Waals surface area contributed by atoms with Gasteiger partial charge in [-0.1, -0.05) is 36.3 Å². The lowest BCUT2D eigenvalue weighted by Gasteiger charge is -2.10.